The van der Waals surface area contributed by atoms with Crippen LogP contribution < -0.4 is 0 Å². The highest BCUT2D eigenvalue weighted by Crippen LogP contribution is 2.75. The zero-order valence-electron chi connectivity index (χ0n) is 15.6. The molecule has 2 spiro atoms. The lowest BCUT2D eigenvalue weighted by Crippen LogP contribution is -2.85. The molecule has 7 heteroatoms. The Bertz CT molecular complexity index is 738. The van der Waals surface area contributed by atoms with Gasteiger partial charge in [0.05, 0.1) is 18.8 Å². The highest BCUT2D eigenvalue weighted by molar-refractivity contribution is 7.80. The summed E-state index contributed by atoms with van der Waals surface area (Å²) in [4.78, 5) is 13.6. The van der Waals surface area contributed by atoms with Gasteiger partial charge < -0.3 is 25.2 Å². The van der Waals surface area contributed by atoms with E-state index in [4.69, 9.17) is 4.74 Å². The number of aliphatic hydroxyl groups excluding tert-OH is 3. The number of fused-ring (bicyclic) bond motifs is 2. The molecule has 10 atom stereocenters. The number of hydrogen-bond acceptors (Lipinski definition) is 7. The molecule has 0 aromatic carbocycles. The fourth-order valence-electron chi connectivity index (χ4n) is 7.89. The number of ether oxygens (including phenoxy) is 1. The third-order valence-electron chi connectivity index (χ3n) is 8.81. The number of thiol groups is 1. The van der Waals surface area contributed by atoms with Crippen molar-refractivity contribution in [1.29, 1.82) is 0 Å². The largest absolute Gasteiger partial charge is 0.392 e. The number of carbonyl (C=O) groups excluding carboxylic acids is 1. The molecule has 0 aromatic rings. The first-order chi connectivity index (χ1) is 12.6. The van der Waals surface area contributed by atoms with Crippen LogP contribution in [0.2, 0.25) is 0 Å². The first-order valence-corrected chi connectivity index (χ1v) is 10.5. The number of allylic oxidation sites excluding steroid dienone is 1. The smallest absolute Gasteiger partial charge is 0.208 e. The summed E-state index contributed by atoms with van der Waals surface area (Å²) >= 11 is 4.33. The van der Waals surface area contributed by atoms with E-state index in [1.807, 2.05) is 19.9 Å². The molecule has 6 nitrogen and oxygen atoms in total. The van der Waals surface area contributed by atoms with Gasteiger partial charge in [-0.3, -0.25) is 4.79 Å². The van der Waals surface area contributed by atoms with Gasteiger partial charge >= 0.3 is 0 Å². The van der Waals surface area contributed by atoms with E-state index in [1.165, 1.54) is 0 Å². The molecular weight excluding hydrogens is 368 g/mol. The number of aliphatic hydroxyl groups is 4. The first-order valence-electron chi connectivity index (χ1n) is 9.85. The van der Waals surface area contributed by atoms with Gasteiger partial charge in [0, 0.05) is 23.0 Å². The number of rotatable bonds is 1. The Morgan fingerprint density at radius 1 is 1.22 bits per heavy atom. The third kappa shape index (κ3) is 1.66. The van der Waals surface area contributed by atoms with Crippen molar-refractivity contribution in [2.75, 3.05) is 12.4 Å². The number of carbonyl (C=O) groups is 1. The van der Waals surface area contributed by atoms with Crippen molar-refractivity contribution in [2.24, 2.45) is 39.9 Å². The van der Waals surface area contributed by atoms with Crippen LogP contribution in [0.3, 0.4) is 0 Å². The van der Waals surface area contributed by atoms with E-state index in [-0.39, 0.29) is 24.1 Å². The highest BCUT2D eigenvalue weighted by Gasteiger charge is 2.87. The fraction of sp³-hybridized carbons (Fsp3) is 0.850. The fourth-order valence-corrected chi connectivity index (χ4v) is 8.32. The minimum Gasteiger partial charge on any atom is -0.392 e. The summed E-state index contributed by atoms with van der Waals surface area (Å²) in [5.41, 5.74) is -3.03. The maximum atomic E-state index is 13.6. The molecule has 2 aliphatic heterocycles. The Balaban J connectivity index is 1.80. The average Bonchev–Trinajstić information content (AvgIpc) is 2.74. The van der Waals surface area contributed by atoms with E-state index in [2.05, 4.69) is 12.6 Å². The standard InChI is InChI=1S/C20H28O6S/c1-17(2)6-5-12(21)18-8-26-20(25,16(24)13(17)18)19-11(18)4-3-9(14(19)22)10(7-27)15(19)23/h5-6,9-14,16,21-22,24-25,27H,3-4,7-8H2,1-2H3/t9-,10+,11-,12-,13+,14+,16-,18+,19+,20+/m0/s1. The van der Waals surface area contributed by atoms with E-state index < -0.39 is 58.1 Å². The zero-order valence-corrected chi connectivity index (χ0v) is 16.5. The molecule has 3 saturated carbocycles. The minimum atomic E-state index is -2.15. The molecule has 6 rings (SSSR count). The van der Waals surface area contributed by atoms with Gasteiger partial charge in [-0.2, -0.15) is 12.6 Å². The molecule has 2 saturated heterocycles. The van der Waals surface area contributed by atoms with Crippen molar-refractivity contribution in [3.8, 4) is 0 Å². The van der Waals surface area contributed by atoms with Crippen molar-refractivity contribution in [1.82, 2.24) is 0 Å². The summed E-state index contributed by atoms with van der Waals surface area (Å²) in [6.45, 7) is 4.00. The molecule has 6 aliphatic rings. The monoisotopic (exact) mass is 396 g/mol. The molecule has 0 radical (unpaired) electrons. The second kappa shape index (κ2) is 5.18. The van der Waals surface area contributed by atoms with Gasteiger partial charge in [0.1, 0.15) is 11.5 Å². The molecule has 0 amide bonds. The lowest BCUT2D eigenvalue weighted by Gasteiger charge is -2.73. The molecule has 4 bridgehead atoms. The molecule has 0 aromatic heterocycles. The lowest BCUT2D eigenvalue weighted by atomic mass is 9.36. The van der Waals surface area contributed by atoms with E-state index in [1.54, 1.807) is 6.08 Å². The van der Waals surface area contributed by atoms with Crippen LogP contribution in [0, 0.1) is 39.9 Å². The van der Waals surface area contributed by atoms with Crippen LogP contribution in [0.1, 0.15) is 26.7 Å². The van der Waals surface area contributed by atoms with Crippen molar-refractivity contribution in [2.45, 2.75) is 50.8 Å². The Hall–Kier alpha value is -0.440. The minimum absolute atomic E-state index is 0.0583. The van der Waals surface area contributed by atoms with E-state index in [0.29, 0.717) is 12.8 Å². The molecule has 27 heavy (non-hydrogen) atoms. The van der Waals surface area contributed by atoms with Crippen LogP contribution in [0.4, 0.5) is 0 Å². The van der Waals surface area contributed by atoms with Gasteiger partial charge in [-0.15, -0.1) is 0 Å². The predicted molar refractivity (Wildman–Crippen MR) is 98.8 cm³/mol. The van der Waals surface area contributed by atoms with Gasteiger partial charge in [0.2, 0.25) is 5.79 Å². The second-order valence-electron chi connectivity index (χ2n) is 9.91. The van der Waals surface area contributed by atoms with Crippen LogP contribution in [-0.4, -0.2) is 62.7 Å². The average molecular weight is 397 g/mol. The number of hydrogen-bond donors (Lipinski definition) is 5. The Morgan fingerprint density at radius 3 is 2.59 bits per heavy atom. The predicted octanol–water partition coefficient (Wildman–Crippen LogP) is 0.141. The summed E-state index contributed by atoms with van der Waals surface area (Å²) in [5.74, 6) is -3.86. The Morgan fingerprint density at radius 2 is 1.93 bits per heavy atom. The summed E-state index contributed by atoms with van der Waals surface area (Å²) in [7, 11) is 0. The van der Waals surface area contributed by atoms with Crippen molar-refractivity contribution < 1.29 is 30.0 Å². The van der Waals surface area contributed by atoms with Crippen LogP contribution >= 0.6 is 12.6 Å². The highest BCUT2D eigenvalue weighted by atomic mass is 32.1. The molecule has 5 fully saturated rings. The number of Topliss-reactive ketones (excluding diaryl/α,β-unsaturated/α-hetero) is 1. The van der Waals surface area contributed by atoms with Crippen LogP contribution in [0.25, 0.3) is 0 Å². The Kier molecular flexibility index (Phi) is 3.56. The third-order valence-corrected chi connectivity index (χ3v) is 9.20. The summed E-state index contributed by atoms with van der Waals surface area (Å²) < 4.78 is 5.83. The molecule has 0 unspecified atom stereocenters. The van der Waals surface area contributed by atoms with Crippen LogP contribution in [-0.2, 0) is 9.53 Å². The topological polar surface area (TPSA) is 107 Å². The quantitative estimate of drug-likeness (QED) is 0.319. The summed E-state index contributed by atoms with van der Waals surface area (Å²) in [5, 5.41) is 45.4. The normalized spacial score (nSPS) is 60.3. The van der Waals surface area contributed by atoms with Gasteiger partial charge in [0.25, 0.3) is 0 Å². The second-order valence-corrected chi connectivity index (χ2v) is 10.3. The van der Waals surface area contributed by atoms with Crippen molar-refractivity contribution in [3.05, 3.63) is 12.2 Å². The van der Waals surface area contributed by atoms with Crippen LogP contribution in [0.5, 0.6) is 0 Å². The summed E-state index contributed by atoms with van der Waals surface area (Å²) in [6, 6.07) is 0. The van der Waals surface area contributed by atoms with Gasteiger partial charge in [-0.25, -0.2) is 0 Å². The molecule has 4 aliphatic carbocycles. The SMILES string of the molecule is CC1(C)C=C[C@H](O)[C@]23CO[C@](O)([C@@H](O)[C@H]12)[C@]12C(=O)[C@H](CS)[C@H](CC[C@@H]31)[C@H]2O. The van der Waals surface area contributed by atoms with Gasteiger partial charge in [0.15, 0.2) is 5.78 Å². The van der Waals surface area contributed by atoms with Crippen molar-refractivity contribution in [3.63, 3.8) is 0 Å². The molecule has 2 heterocycles. The Labute approximate surface area is 164 Å². The molecule has 4 N–H and O–H groups in total. The lowest BCUT2D eigenvalue weighted by molar-refractivity contribution is -0.450. The summed E-state index contributed by atoms with van der Waals surface area (Å²) in [6.07, 6.45) is 1.44. The van der Waals surface area contributed by atoms with Crippen LogP contribution in [0.15, 0.2) is 12.2 Å². The van der Waals surface area contributed by atoms with E-state index in [9.17, 15) is 25.2 Å². The van der Waals surface area contributed by atoms with Gasteiger partial charge in [-0.1, -0.05) is 26.0 Å². The van der Waals surface area contributed by atoms with E-state index in [0.717, 1.165) is 0 Å². The maximum Gasteiger partial charge on any atom is 0.208 e. The molecular formula is C20H28O6S. The van der Waals surface area contributed by atoms with Crippen molar-refractivity contribution >= 4 is 18.4 Å². The molecule has 150 valence electrons. The maximum absolute atomic E-state index is 13.6. The first kappa shape index (κ1) is 18.6. The zero-order chi connectivity index (χ0) is 19.6. The number of ketones is 1. The van der Waals surface area contributed by atoms with Gasteiger partial charge in [-0.05, 0) is 30.1 Å². The van der Waals surface area contributed by atoms with E-state index >= 15 is 0 Å².